The van der Waals surface area contributed by atoms with Crippen LogP contribution in [0.2, 0.25) is 0 Å². The number of benzene rings is 2. The number of hydrogen-bond acceptors (Lipinski definition) is 5. The highest BCUT2D eigenvalue weighted by Crippen LogP contribution is 2.43. The zero-order chi connectivity index (χ0) is 19.1. The smallest absolute Gasteiger partial charge is 0.335 e. The van der Waals surface area contributed by atoms with Gasteiger partial charge in [0.2, 0.25) is 5.91 Å². The topological polar surface area (TPSA) is 91.8 Å². The minimum Gasteiger partial charge on any atom is -0.478 e. The van der Waals surface area contributed by atoms with Gasteiger partial charge in [0, 0.05) is 11.9 Å². The molecule has 0 aromatic heterocycles. The van der Waals surface area contributed by atoms with Gasteiger partial charge >= 0.3 is 5.97 Å². The molecule has 26 heavy (non-hydrogen) atoms. The molecule has 1 unspecified atom stereocenters. The van der Waals surface area contributed by atoms with Gasteiger partial charge in [0.15, 0.2) is 9.84 Å². The first-order chi connectivity index (χ1) is 12.2. The molecule has 2 aromatic rings. The van der Waals surface area contributed by atoms with E-state index in [-0.39, 0.29) is 21.7 Å². The number of carboxylic acids is 1. The molecule has 1 atom stereocenters. The van der Waals surface area contributed by atoms with Gasteiger partial charge in [-0.25, -0.2) is 13.2 Å². The zero-order valence-electron chi connectivity index (χ0n) is 14.2. The molecule has 3 rings (SSSR count). The average Bonchev–Trinajstić information content (AvgIpc) is 2.95. The van der Waals surface area contributed by atoms with E-state index < -0.39 is 15.8 Å². The Bertz CT molecular complexity index is 983. The Hall–Kier alpha value is -2.32. The molecule has 1 saturated heterocycles. The van der Waals surface area contributed by atoms with Gasteiger partial charge in [-0.2, -0.15) is 0 Å². The lowest BCUT2D eigenvalue weighted by Crippen LogP contribution is -2.28. The molecular weight excluding hydrogens is 374 g/mol. The minimum atomic E-state index is -3.28. The Morgan fingerprint density at radius 3 is 2.38 bits per heavy atom. The third kappa shape index (κ3) is 3.47. The maximum Gasteiger partial charge on any atom is 0.335 e. The van der Waals surface area contributed by atoms with Crippen LogP contribution in [0.15, 0.2) is 47.4 Å². The third-order valence-corrected chi connectivity index (χ3v) is 6.51. The van der Waals surface area contributed by atoms with E-state index in [1.807, 2.05) is 0 Å². The van der Waals surface area contributed by atoms with Crippen molar-refractivity contribution in [1.82, 2.24) is 0 Å². The van der Waals surface area contributed by atoms with Gasteiger partial charge in [-0.05, 0) is 48.4 Å². The molecule has 0 bridgehead atoms. The van der Waals surface area contributed by atoms with E-state index in [4.69, 9.17) is 5.11 Å². The van der Waals surface area contributed by atoms with Crippen molar-refractivity contribution >= 4 is 39.2 Å². The van der Waals surface area contributed by atoms with E-state index >= 15 is 0 Å². The minimum absolute atomic E-state index is 0.0710. The normalized spacial score (nSPS) is 17.5. The molecule has 2 aromatic carbocycles. The number of thioether (sulfide) groups is 1. The Kier molecular flexibility index (Phi) is 4.81. The number of carbonyl (C=O) groups excluding carboxylic acids is 1. The number of rotatable bonds is 4. The van der Waals surface area contributed by atoms with E-state index in [1.54, 1.807) is 30.0 Å². The maximum absolute atomic E-state index is 12.4. The fourth-order valence-corrected chi connectivity index (χ4v) is 4.67. The van der Waals surface area contributed by atoms with E-state index in [2.05, 4.69) is 0 Å². The van der Waals surface area contributed by atoms with Crippen LogP contribution in [-0.4, -0.2) is 37.4 Å². The molecule has 136 valence electrons. The van der Waals surface area contributed by atoms with Crippen molar-refractivity contribution in [2.24, 2.45) is 0 Å². The SMILES string of the molecule is Cc1cc(C(=O)O)ccc1N1C(=O)CSC1c1ccc(S(C)(=O)=O)cc1. The quantitative estimate of drug-likeness (QED) is 0.862. The Balaban J connectivity index is 1.98. The first kappa shape index (κ1) is 18.5. The number of sulfone groups is 1. The van der Waals surface area contributed by atoms with Gasteiger partial charge in [-0.15, -0.1) is 11.8 Å². The molecule has 0 radical (unpaired) electrons. The summed E-state index contributed by atoms with van der Waals surface area (Å²) in [4.78, 5) is 25.4. The van der Waals surface area contributed by atoms with Crippen LogP contribution >= 0.6 is 11.8 Å². The second-order valence-electron chi connectivity index (χ2n) is 6.07. The van der Waals surface area contributed by atoms with Crippen molar-refractivity contribution in [1.29, 1.82) is 0 Å². The molecule has 1 amide bonds. The number of aromatic carboxylic acids is 1. The number of carbonyl (C=O) groups is 2. The maximum atomic E-state index is 12.4. The average molecular weight is 391 g/mol. The molecule has 0 aliphatic carbocycles. The van der Waals surface area contributed by atoms with Gasteiger partial charge in [-0.3, -0.25) is 9.69 Å². The van der Waals surface area contributed by atoms with Crippen molar-refractivity contribution < 1.29 is 23.1 Å². The predicted molar refractivity (Wildman–Crippen MR) is 100 cm³/mol. The number of carboxylic acid groups (broad SMARTS) is 1. The lowest BCUT2D eigenvalue weighted by atomic mass is 10.1. The second kappa shape index (κ2) is 6.77. The van der Waals surface area contributed by atoms with Crippen LogP contribution in [-0.2, 0) is 14.6 Å². The molecule has 1 aliphatic heterocycles. The summed E-state index contributed by atoms with van der Waals surface area (Å²) in [5.41, 5.74) is 2.33. The zero-order valence-corrected chi connectivity index (χ0v) is 15.8. The summed E-state index contributed by atoms with van der Waals surface area (Å²) in [6, 6.07) is 11.1. The summed E-state index contributed by atoms with van der Waals surface area (Å²) >= 11 is 1.45. The number of amides is 1. The molecule has 1 fully saturated rings. The first-order valence-electron chi connectivity index (χ1n) is 7.76. The van der Waals surface area contributed by atoms with E-state index in [0.29, 0.717) is 17.0 Å². The van der Waals surface area contributed by atoms with Crippen LogP contribution < -0.4 is 4.90 Å². The van der Waals surface area contributed by atoms with Gasteiger partial charge in [0.1, 0.15) is 5.37 Å². The van der Waals surface area contributed by atoms with Crippen LogP contribution in [0.25, 0.3) is 0 Å². The summed E-state index contributed by atoms with van der Waals surface area (Å²) in [5.74, 6) is -0.786. The number of hydrogen-bond donors (Lipinski definition) is 1. The third-order valence-electron chi connectivity index (χ3n) is 4.16. The van der Waals surface area contributed by atoms with Crippen LogP contribution in [0.4, 0.5) is 5.69 Å². The number of anilines is 1. The standard InChI is InChI=1S/C18H17NO5S2/c1-11-9-13(18(21)22)5-8-15(11)19-16(20)10-25-17(19)12-3-6-14(7-4-12)26(2,23)24/h3-9,17H,10H2,1-2H3,(H,21,22). The van der Waals surface area contributed by atoms with Crippen LogP contribution in [0.3, 0.4) is 0 Å². The van der Waals surface area contributed by atoms with Crippen LogP contribution in [0, 0.1) is 6.92 Å². The molecule has 6 nitrogen and oxygen atoms in total. The lowest BCUT2D eigenvalue weighted by Gasteiger charge is -2.26. The molecular formula is C18H17NO5S2. The van der Waals surface area contributed by atoms with Crippen molar-refractivity contribution in [3.63, 3.8) is 0 Å². The molecule has 8 heteroatoms. The highest BCUT2D eigenvalue weighted by molar-refractivity contribution is 8.00. The Morgan fingerprint density at radius 1 is 1.19 bits per heavy atom. The van der Waals surface area contributed by atoms with Crippen LogP contribution in [0.1, 0.15) is 26.9 Å². The van der Waals surface area contributed by atoms with E-state index in [0.717, 1.165) is 11.8 Å². The van der Waals surface area contributed by atoms with Crippen molar-refractivity contribution in [3.8, 4) is 0 Å². The van der Waals surface area contributed by atoms with Gasteiger partial charge in [-0.1, -0.05) is 12.1 Å². The molecule has 0 saturated carbocycles. The number of nitrogens with zero attached hydrogens (tertiary/aromatic N) is 1. The Labute approximate surface area is 155 Å². The largest absolute Gasteiger partial charge is 0.478 e. The van der Waals surface area contributed by atoms with Gasteiger partial charge < -0.3 is 5.11 Å². The molecule has 1 N–H and O–H groups in total. The first-order valence-corrected chi connectivity index (χ1v) is 10.7. The molecule has 1 aliphatic rings. The van der Waals surface area contributed by atoms with E-state index in [1.165, 1.54) is 36.0 Å². The van der Waals surface area contributed by atoms with Gasteiger partial charge in [0.25, 0.3) is 0 Å². The number of aryl methyl sites for hydroxylation is 1. The summed E-state index contributed by atoms with van der Waals surface area (Å²) < 4.78 is 23.2. The summed E-state index contributed by atoms with van der Waals surface area (Å²) in [7, 11) is -3.28. The van der Waals surface area contributed by atoms with Crippen molar-refractivity contribution in [2.45, 2.75) is 17.2 Å². The predicted octanol–water partition coefficient (Wildman–Crippen LogP) is 2.88. The second-order valence-corrected chi connectivity index (χ2v) is 9.16. The van der Waals surface area contributed by atoms with Crippen molar-refractivity contribution in [2.75, 3.05) is 16.9 Å². The molecule has 0 spiro atoms. The van der Waals surface area contributed by atoms with Gasteiger partial charge in [0.05, 0.1) is 16.2 Å². The van der Waals surface area contributed by atoms with Crippen LogP contribution in [0.5, 0.6) is 0 Å². The van der Waals surface area contributed by atoms with Crippen molar-refractivity contribution in [3.05, 3.63) is 59.2 Å². The van der Waals surface area contributed by atoms with E-state index in [9.17, 15) is 18.0 Å². The highest BCUT2D eigenvalue weighted by Gasteiger charge is 2.35. The molecule has 1 heterocycles. The summed E-state index contributed by atoms with van der Waals surface area (Å²) in [5, 5.41) is 8.82. The fraction of sp³-hybridized carbons (Fsp3) is 0.222. The lowest BCUT2D eigenvalue weighted by molar-refractivity contribution is -0.115. The summed E-state index contributed by atoms with van der Waals surface area (Å²) in [6.45, 7) is 1.77. The Morgan fingerprint density at radius 2 is 1.85 bits per heavy atom. The fourth-order valence-electron chi connectivity index (χ4n) is 2.87. The summed E-state index contributed by atoms with van der Waals surface area (Å²) in [6.07, 6.45) is 1.15. The monoisotopic (exact) mass is 391 g/mol. The highest BCUT2D eigenvalue weighted by atomic mass is 32.2.